The van der Waals surface area contributed by atoms with Crippen LogP contribution >= 0.6 is 11.3 Å². The third-order valence-electron chi connectivity index (χ3n) is 5.49. The average Bonchev–Trinajstić information content (AvgIpc) is 3.44. The van der Waals surface area contributed by atoms with Crippen LogP contribution in [-0.4, -0.2) is 39.4 Å². The summed E-state index contributed by atoms with van der Waals surface area (Å²) in [7, 11) is 1.86. The number of aromatic nitrogens is 2. The molecule has 1 saturated heterocycles. The zero-order valence-corrected chi connectivity index (χ0v) is 17.4. The summed E-state index contributed by atoms with van der Waals surface area (Å²) in [5.41, 5.74) is 0.768. The molecule has 1 aromatic carbocycles. The number of thiophene rings is 1. The van der Waals surface area contributed by atoms with Crippen molar-refractivity contribution < 1.29 is 14.0 Å². The zero-order valence-electron chi connectivity index (χ0n) is 16.6. The fraction of sp³-hybridized carbons (Fsp3) is 0.318. The second kappa shape index (κ2) is 8.79. The maximum atomic E-state index is 13.4. The van der Waals surface area contributed by atoms with Crippen molar-refractivity contribution >= 4 is 23.2 Å². The first-order valence-corrected chi connectivity index (χ1v) is 10.8. The highest BCUT2D eigenvalue weighted by atomic mass is 32.1. The number of amides is 2. The number of nitrogens with zero attached hydrogens (tertiary/aromatic N) is 3. The summed E-state index contributed by atoms with van der Waals surface area (Å²) in [6.07, 6.45) is 4.71. The first-order chi connectivity index (χ1) is 14.5. The molecule has 4 rings (SSSR count). The average molecular weight is 427 g/mol. The highest BCUT2D eigenvalue weighted by Gasteiger charge is 2.30. The molecule has 0 bridgehead atoms. The van der Waals surface area contributed by atoms with Gasteiger partial charge in [-0.15, -0.1) is 11.3 Å². The van der Waals surface area contributed by atoms with E-state index in [9.17, 15) is 14.0 Å². The first-order valence-electron chi connectivity index (χ1n) is 9.89. The normalized spacial score (nSPS) is 15.7. The van der Waals surface area contributed by atoms with Gasteiger partial charge in [-0.3, -0.25) is 9.59 Å². The Hall–Kier alpha value is -3.00. The van der Waals surface area contributed by atoms with Gasteiger partial charge in [0.2, 0.25) is 5.91 Å². The quantitative estimate of drug-likeness (QED) is 0.680. The molecular formula is C22H23FN4O2S. The summed E-state index contributed by atoms with van der Waals surface area (Å²) in [6, 6.07) is 9.31. The van der Waals surface area contributed by atoms with Crippen molar-refractivity contribution in [2.24, 2.45) is 13.0 Å². The number of aryl methyl sites for hydroxylation is 1. The monoisotopic (exact) mass is 426 g/mol. The molecule has 1 aliphatic heterocycles. The van der Waals surface area contributed by atoms with Crippen LogP contribution in [0.4, 0.5) is 4.39 Å². The molecule has 8 heteroatoms. The van der Waals surface area contributed by atoms with Crippen molar-refractivity contribution in [3.05, 3.63) is 76.3 Å². The Bertz CT molecular complexity index is 1010. The third-order valence-corrected chi connectivity index (χ3v) is 6.35. The van der Waals surface area contributed by atoms with E-state index in [2.05, 4.69) is 10.3 Å². The van der Waals surface area contributed by atoms with Crippen molar-refractivity contribution in [2.75, 3.05) is 13.1 Å². The number of carbonyl (C=O) groups excluding carboxylic acids is 2. The molecule has 3 aromatic rings. The second-order valence-electron chi connectivity index (χ2n) is 7.43. The highest BCUT2D eigenvalue weighted by molar-refractivity contribution is 7.12. The Labute approximate surface area is 178 Å². The molecule has 1 aliphatic rings. The SMILES string of the molecule is Cn1ccnc1C(NC(=O)C1CCN(C(=O)c2cccs2)CC1)c1ccc(F)cc1. The van der Waals surface area contributed by atoms with Crippen molar-refractivity contribution in [3.63, 3.8) is 0 Å². The van der Waals surface area contributed by atoms with Crippen LogP contribution in [0.5, 0.6) is 0 Å². The van der Waals surface area contributed by atoms with E-state index in [4.69, 9.17) is 0 Å². The molecule has 0 radical (unpaired) electrons. The molecule has 0 aliphatic carbocycles. The Balaban J connectivity index is 1.44. The Morgan fingerprint density at radius 2 is 1.93 bits per heavy atom. The number of piperidine rings is 1. The van der Waals surface area contributed by atoms with Crippen LogP contribution in [0.1, 0.15) is 39.9 Å². The summed E-state index contributed by atoms with van der Waals surface area (Å²) >= 11 is 1.43. The van der Waals surface area contributed by atoms with Gasteiger partial charge in [-0.2, -0.15) is 0 Å². The molecule has 1 unspecified atom stereocenters. The standard InChI is InChI=1S/C22H23FN4O2S/c1-26-13-10-24-20(26)19(15-4-6-17(23)7-5-15)25-21(28)16-8-11-27(12-9-16)22(29)18-3-2-14-30-18/h2-7,10,13-14,16,19H,8-9,11-12H2,1H3,(H,25,28). The van der Waals surface area contributed by atoms with Gasteiger partial charge < -0.3 is 14.8 Å². The molecule has 1 fully saturated rings. The highest BCUT2D eigenvalue weighted by Crippen LogP contribution is 2.25. The van der Waals surface area contributed by atoms with Crippen molar-refractivity contribution in [1.82, 2.24) is 19.8 Å². The van der Waals surface area contributed by atoms with Crippen LogP contribution in [0.15, 0.2) is 54.2 Å². The van der Waals surface area contributed by atoms with Gasteiger partial charge in [0.05, 0.1) is 4.88 Å². The molecule has 1 N–H and O–H groups in total. The lowest BCUT2D eigenvalue weighted by atomic mass is 9.94. The summed E-state index contributed by atoms with van der Waals surface area (Å²) in [4.78, 5) is 32.5. The minimum Gasteiger partial charge on any atom is -0.342 e. The van der Waals surface area contributed by atoms with E-state index >= 15 is 0 Å². The largest absolute Gasteiger partial charge is 0.342 e. The molecule has 2 aromatic heterocycles. The summed E-state index contributed by atoms with van der Waals surface area (Å²) in [5, 5.41) is 4.98. The van der Waals surface area contributed by atoms with Gasteiger partial charge in [0.15, 0.2) is 0 Å². The molecule has 3 heterocycles. The van der Waals surface area contributed by atoms with Crippen molar-refractivity contribution in [2.45, 2.75) is 18.9 Å². The number of hydrogen-bond acceptors (Lipinski definition) is 4. The number of carbonyl (C=O) groups is 2. The number of benzene rings is 1. The predicted molar refractivity (Wildman–Crippen MR) is 113 cm³/mol. The van der Waals surface area contributed by atoms with Gasteiger partial charge in [0.25, 0.3) is 5.91 Å². The van der Waals surface area contributed by atoms with E-state index in [1.807, 2.05) is 40.2 Å². The van der Waals surface area contributed by atoms with E-state index in [0.717, 1.165) is 10.4 Å². The number of nitrogens with one attached hydrogen (secondary N) is 1. The van der Waals surface area contributed by atoms with Crippen LogP contribution in [0, 0.1) is 11.7 Å². The van der Waals surface area contributed by atoms with E-state index < -0.39 is 6.04 Å². The van der Waals surface area contributed by atoms with Crippen LogP contribution in [0.25, 0.3) is 0 Å². The molecular weight excluding hydrogens is 403 g/mol. The topological polar surface area (TPSA) is 67.2 Å². The van der Waals surface area contributed by atoms with Gasteiger partial charge in [0, 0.05) is 38.4 Å². The second-order valence-corrected chi connectivity index (χ2v) is 8.38. The smallest absolute Gasteiger partial charge is 0.263 e. The van der Waals surface area contributed by atoms with E-state index in [1.54, 1.807) is 18.3 Å². The minimum absolute atomic E-state index is 0.0288. The van der Waals surface area contributed by atoms with E-state index in [1.165, 1.54) is 23.5 Å². The van der Waals surface area contributed by atoms with Crippen molar-refractivity contribution in [1.29, 1.82) is 0 Å². The molecule has 156 valence electrons. The summed E-state index contributed by atoms with van der Waals surface area (Å²) < 4.78 is 15.2. The predicted octanol–water partition coefficient (Wildman–Crippen LogP) is 3.38. The number of rotatable bonds is 5. The molecule has 0 spiro atoms. The first kappa shape index (κ1) is 20.3. The molecule has 2 amide bonds. The number of imidazole rings is 1. The van der Waals surface area contributed by atoms with Gasteiger partial charge in [0.1, 0.15) is 17.7 Å². The molecule has 6 nitrogen and oxygen atoms in total. The lowest BCUT2D eigenvalue weighted by molar-refractivity contribution is -0.126. The van der Waals surface area contributed by atoms with Crippen LogP contribution in [-0.2, 0) is 11.8 Å². The minimum atomic E-state index is -0.469. The molecule has 0 saturated carbocycles. The van der Waals surface area contributed by atoms with Gasteiger partial charge in [-0.05, 0) is 42.0 Å². The van der Waals surface area contributed by atoms with Crippen molar-refractivity contribution in [3.8, 4) is 0 Å². The van der Waals surface area contributed by atoms with Crippen LogP contribution in [0.3, 0.4) is 0 Å². The summed E-state index contributed by atoms with van der Waals surface area (Å²) in [6.45, 7) is 1.11. The van der Waals surface area contributed by atoms with Crippen LogP contribution < -0.4 is 5.32 Å². The third kappa shape index (κ3) is 4.28. The lowest BCUT2D eigenvalue weighted by Crippen LogP contribution is -2.44. The van der Waals surface area contributed by atoms with Gasteiger partial charge >= 0.3 is 0 Å². The number of likely N-dealkylation sites (tertiary alicyclic amines) is 1. The van der Waals surface area contributed by atoms with Gasteiger partial charge in [-0.1, -0.05) is 18.2 Å². The number of halogens is 1. The number of hydrogen-bond donors (Lipinski definition) is 1. The van der Waals surface area contributed by atoms with E-state index in [0.29, 0.717) is 31.8 Å². The van der Waals surface area contributed by atoms with E-state index in [-0.39, 0.29) is 23.5 Å². The van der Waals surface area contributed by atoms with Crippen LogP contribution in [0.2, 0.25) is 0 Å². The zero-order chi connectivity index (χ0) is 21.1. The fourth-order valence-corrected chi connectivity index (χ4v) is 4.46. The molecule has 30 heavy (non-hydrogen) atoms. The Morgan fingerprint density at radius 3 is 2.53 bits per heavy atom. The molecule has 1 atom stereocenters. The van der Waals surface area contributed by atoms with Gasteiger partial charge in [-0.25, -0.2) is 9.37 Å². The Kier molecular flexibility index (Phi) is 5.94. The maximum absolute atomic E-state index is 13.4. The fourth-order valence-electron chi connectivity index (χ4n) is 3.77. The lowest BCUT2D eigenvalue weighted by Gasteiger charge is -2.32. The maximum Gasteiger partial charge on any atom is 0.263 e. The summed E-state index contributed by atoms with van der Waals surface area (Å²) in [5.74, 6) is 0.129. The Morgan fingerprint density at radius 1 is 1.20 bits per heavy atom.